The fraction of sp³-hybridized carbons (Fsp3) is 0.353. The minimum atomic E-state index is -0.431. The summed E-state index contributed by atoms with van der Waals surface area (Å²) >= 11 is 6.04. The van der Waals surface area contributed by atoms with E-state index in [1.807, 2.05) is 6.92 Å². The third-order valence-corrected chi connectivity index (χ3v) is 3.19. The summed E-state index contributed by atoms with van der Waals surface area (Å²) in [6, 6.07) is 6.60. The van der Waals surface area contributed by atoms with Gasteiger partial charge in [-0.2, -0.15) is 0 Å². The van der Waals surface area contributed by atoms with Crippen LogP contribution in [0.3, 0.4) is 0 Å². The van der Waals surface area contributed by atoms with Gasteiger partial charge in [-0.3, -0.25) is 4.79 Å². The van der Waals surface area contributed by atoms with Crippen LogP contribution >= 0.6 is 11.6 Å². The lowest BCUT2D eigenvalue weighted by Crippen LogP contribution is -2.15. The Morgan fingerprint density at radius 2 is 1.96 bits per heavy atom. The molecule has 0 saturated carbocycles. The van der Waals surface area contributed by atoms with Crippen LogP contribution in [0, 0.1) is 5.92 Å². The highest BCUT2D eigenvalue weighted by Crippen LogP contribution is 2.20. The fourth-order valence-corrected chi connectivity index (χ4v) is 1.98. The van der Waals surface area contributed by atoms with Crippen LogP contribution in [0.2, 0.25) is 5.02 Å². The molecule has 2 aromatic heterocycles. The molecule has 0 bridgehead atoms. The first kappa shape index (κ1) is 18.0. The van der Waals surface area contributed by atoms with E-state index in [0.29, 0.717) is 36.6 Å². The Morgan fingerprint density at radius 3 is 2.58 bits per heavy atom. The summed E-state index contributed by atoms with van der Waals surface area (Å²) in [6.07, 6.45) is 1.52. The number of halogens is 1. The van der Waals surface area contributed by atoms with E-state index in [0.717, 1.165) is 0 Å². The van der Waals surface area contributed by atoms with Crippen LogP contribution in [0.4, 0.5) is 5.69 Å². The Kier molecular flexibility index (Phi) is 6.37. The normalized spacial score (nSPS) is 10.5. The largest absolute Gasteiger partial charge is 0.478 e. The lowest BCUT2D eigenvalue weighted by atomic mass is 10.2. The number of ether oxygens (including phenoxy) is 2. The van der Waals surface area contributed by atoms with Crippen molar-refractivity contribution in [2.45, 2.75) is 20.8 Å². The van der Waals surface area contributed by atoms with E-state index in [1.165, 1.54) is 6.20 Å². The molecule has 0 radical (unpaired) electrons. The molecule has 0 saturated heterocycles. The molecule has 0 aromatic carbocycles. The number of carbonyl (C=O) groups excluding carboxylic acids is 1. The third-order valence-electron chi connectivity index (χ3n) is 2.89. The quantitative estimate of drug-likeness (QED) is 0.822. The zero-order valence-corrected chi connectivity index (χ0v) is 14.6. The molecule has 6 nitrogen and oxygen atoms in total. The molecule has 0 aliphatic heterocycles. The molecular weight excluding hydrogens is 330 g/mol. The Balaban J connectivity index is 2.05. The second-order valence-corrected chi connectivity index (χ2v) is 5.86. The molecule has 0 fully saturated rings. The molecule has 1 N–H and O–H groups in total. The number of aromatic nitrogens is 2. The zero-order valence-electron chi connectivity index (χ0n) is 13.9. The molecule has 2 rings (SSSR count). The summed E-state index contributed by atoms with van der Waals surface area (Å²) in [5.41, 5.74) is 0.624. The highest BCUT2D eigenvalue weighted by atomic mass is 35.5. The van der Waals surface area contributed by atoms with Crippen molar-refractivity contribution in [1.82, 2.24) is 9.97 Å². The van der Waals surface area contributed by atoms with Crippen molar-refractivity contribution < 1.29 is 14.3 Å². The van der Waals surface area contributed by atoms with Crippen LogP contribution < -0.4 is 14.8 Å². The standard InChI is InChI=1S/C17H20ClN3O3/c1-4-23-15-8-6-13(18)16(21-15)17(22)20-12-5-7-14(19-9-12)24-10-11(2)3/h5-9,11H,4,10H2,1-3H3,(H,20,22). The summed E-state index contributed by atoms with van der Waals surface area (Å²) in [7, 11) is 0. The van der Waals surface area contributed by atoms with Gasteiger partial charge in [0.1, 0.15) is 0 Å². The second kappa shape index (κ2) is 8.49. The predicted octanol–water partition coefficient (Wildman–Crippen LogP) is 3.82. The van der Waals surface area contributed by atoms with Crippen molar-refractivity contribution in [3.8, 4) is 11.8 Å². The van der Waals surface area contributed by atoms with Gasteiger partial charge in [-0.05, 0) is 25.0 Å². The SMILES string of the molecule is CCOc1ccc(Cl)c(C(=O)Nc2ccc(OCC(C)C)nc2)n1. The number of amides is 1. The van der Waals surface area contributed by atoms with Crippen molar-refractivity contribution >= 4 is 23.2 Å². The van der Waals surface area contributed by atoms with Gasteiger partial charge >= 0.3 is 0 Å². The number of hydrogen-bond donors (Lipinski definition) is 1. The molecule has 128 valence electrons. The maximum absolute atomic E-state index is 12.3. The smallest absolute Gasteiger partial charge is 0.276 e. The monoisotopic (exact) mass is 349 g/mol. The molecule has 2 heterocycles. The molecule has 0 aliphatic carbocycles. The van der Waals surface area contributed by atoms with Crippen LogP contribution in [0.5, 0.6) is 11.8 Å². The Labute approximate surface area is 146 Å². The first-order valence-corrected chi connectivity index (χ1v) is 8.07. The van der Waals surface area contributed by atoms with Crippen molar-refractivity contribution in [3.63, 3.8) is 0 Å². The summed E-state index contributed by atoms with van der Waals surface area (Å²) in [5, 5.41) is 2.95. The van der Waals surface area contributed by atoms with Crippen molar-refractivity contribution in [2.24, 2.45) is 5.92 Å². The minimum Gasteiger partial charge on any atom is -0.478 e. The summed E-state index contributed by atoms with van der Waals surface area (Å²) < 4.78 is 10.8. The van der Waals surface area contributed by atoms with Gasteiger partial charge in [-0.25, -0.2) is 9.97 Å². The topological polar surface area (TPSA) is 73.3 Å². The van der Waals surface area contributed by atoms with E-state index in [-0.39, 0.29) is 10.7 Å². The molecule has 0 atom stereocenters. The van der Waals surface area contributed by atoms with Gasteiger partial charge in [0.15, 0.2) is 5.69 Å². The van der Waals surface area contributed by atoms with Crippen molar-refractivity contribution in [1.29, 1.82) is 0 Å². The number of hydrogen-bond acceptors (Lipinski definition) is 5. The number of pyridine rings is 2. The molecule has 2 aromatic rings. The molecule has 24 heavy (non-hydrogen) atoms. The van der Waals surface area contributed by atoms with E-state index >= 15 is 0 Å². The lowest BCUT2D eigenvalue weighted by molar-refractivity contribution is 0.102. The zero-order chi connectivity index (χ0) is 17.5. The van der Waals surface area contributed by atoms with E-state index in [9.17, 15) is 4.79 Å². The van der Waals surface area contributed by atoms with Crippen LogP contribution in [-0.4, -0.2) is 29.1 Å². The maximum atomic E-state index is 12.3. The molecule has 1 amide bonds. The maximum Gasteiger partial charge on any atom is 0.276 e. The molecular formula is C17H20ClN3O3. The van der Waals surface area contributed by atoms with Crippen LogP contribution in [0.1, 0.15) is 31.3 Å². The average Bonchev–Trinajstić information content (AvgIpc) is 2.56. The van der Waals surface area contributed by atoms with Crippen molar-refractivity contribution in [3.05, 3.63) is 41.2 Å². The summed E-state index contributed by atoms with van der Waals surface area (Å²) in [6.45, 7) is 6.99. The summed E-state index contributed by atoms with van der Waals surface area (Å²) in [5.74, 6) is 0.843. The minimum absolute atomic E-state index is 0.0998. The first-order chi connectivity index (χ1) is 11.5. The highest BCUT2D eigenvalue weighted by Gasteiger charge is 2.14. The number of rotatable bonds is 7. The van der Waals surface area contributed by atoms with E-state index in [1.54, 1.807) is 24.3 Å². The lowest BCUT2D eigenvalue weighted by Gasteiger charge is -2.10. The molecule has 7 heteroatoms. The van der Waals surface area contributed by atoms with E-state index in [4.69, 9.17) is 21.1 Å². The van der Waals surface area contributed by atoms with Gasteiger partial charge in [0.05, 0.1) is 30.1 Å². The van der Waals surface area contributed by atoms with Crippen LogP contribution in [0.15, 0.2) is 30.5 Å². The predicted molar refractivity (Wildman–Crippen MR) is 92.9 cm³/mol. The summed E-state index contributed by atoms with van der Waals surface area (Å²) in [4.78, 5) is 20.6. The van der Waals surface area contributed by atoms with Gasteiger partial charge in [-0.15, -0.1) is 0 Å². The Hall–Kier alpha value is -2.34. The van der Waals surface area contributed by atoms with Crippen molar-refractivity contribution in [2.75, 3.05) is 18.5 Å². The van der Waals surface area contributed by atoms with E-state index in [2.05, 4.69) is 29.1 Å². The Bertz CT molecular complexity index is 690. The highest BCUT2D eigenvalue weighted by molar-refractivity contribution is 6.34. The van der Waals surface area contributed by atoms with E-state index < -0.39 is 5.91 Å². The third kappa shape index (κ3) is 5.09. The van der Waals surface area contributed by atoms with Crippen LogP contribution in [-0.2, 0) is 0 Å². The number of anilines is 1. The number of nitrogens with one attached hydrogen (secondary N) is 1. The van der Waals surface area contributed by atoms with Gasteiger partial charge in [0.25, 0.3) is 5.91 Å². The number of carbonyl (C=O) groups is 1. The molecule has 0 unspecified atom stereocenters. The molecule has 0 aliphatic rings. The Morgan fingerprint density at radius 1 is 1.21 bits per heavy atom. The van der Waals surface area contributed by atoms with Crippen LogP contribution in [0.25, 0.3) is 0 Å². The molecule has 0 spiro atoms. The van der Waals surface area contributed by atoms with Gasteiger partial charge in [0, 0.05) is 12.1 Å². The van der Waals surface area contributed by atoms with Gasteiger partial charge in [-0.1, -0.05) is 25.4 Å². The second-order valence-electron chi connectivity index (χ2n) is 5.46. The first-order valence-electron chi connectivity index (χ1n) is 7.69. The van der Waals surface area contributed by atoms with Gasteiger partial charge < -0.3 is 14.8 Å². The van der Waals surface area contributed by atoms with Gasteiger partial charge in [0.2, 0.25) is 11.8 Å². The average molecular weight is 350 g/mol. The number of nitrogens with zero attached hydrogens (tertiary/aromatic N) is 2. The fourth-order valence-electron chi connectivity index (χ4n) is 1.79.